The maximum Gasteiger partial charge on any atom is 0.0177 e. The summed E-state index contributed by atoms with van der Waals surface area (Å²) in [7, 11) is 0. The molecule has 0 aromatic heterocycles. The van der Waals surface area contributed by atoms with Crippen LogP contribution in [0.25, 0.3) is 0 Å². The van der Waals surface area contributed by atoms with Crippen molar-refractivity contribution in [1.29, 1.82) is 0 Å². The van der Waals surface area contributed by atoms with E-state index in [4.69, 9.17) is 0 Å². The molecule has 1 aliphatic rings. The minimum Gasteiger partial charge on any atom is -0.375 e. The topological polar surface area (TPSA) is 3.24 Å². The van der Waals surface area contributed by atoms with E-state index < -0.39 is 0 Å². The number of allylic oxidation sites excluding steroid dienone is 2. The molecule has 1 heteroatoms. The summed E-state index contributed by atoms with van der Waals surface area (Å²) in [5.41, 5.74) is 1.46. The molecule has 0 spiro atoms. The summed E-state index contributed by atoms with van der Waals surface area (Å²) >= 11 is 0. The molecule has 1 saturated heterocycles. The average molecular weight is 195 g/mol. The molecule has 0 amide bonds. The lowest BCUT2D eigenvalue weighted by Crippen LogP contribution is -2.22. The Kier molecular flexibility index (Phi) is 5.06. The molecule has 0 N–H and O–H groups in total. The molecule has 1 atom stereocenters. The van der Waals surface area contributed by atoms with Crippen molar-refractivity contribution in [3.63, 3.8) is 0 Å². The maximum atomic E-state index is 2.55. The number of nitrogens with zero attached hydrogens (tertiary/aromatic N) is 1. The van der Waals surface area contributed by atoms with Crippen molar-refractivity contribution < 1.29 is 0 Å². The smallest absolute Gasteiger partial charge is 0.0177 e. The van der Waals surface area contributed by atoms with Crippen LogP contribution in [0.3, 0.4) is 0 Å². The summed E-state index contributed by atoms with van der Waals surface area (Å²) in [4.78, 5) is 2.55. The van der Waals surface area contributed by atoms with Crippen LogP contribution in [0.1, 0.15) is 52.9 Å². The number of hydrogen-bond acceptors (Lipinski definition) is 1. The van der Waals surface area contributed by atoms with Crippen LogP contribution in [0, 0.1) is 5.92 Å². The molecular weight excluding hydrogens is 170 g/mol. The molecule has 1 heterocycles. The highest BCUT2D eigenvalue weighted by atomic mass is 15.1. The quantitative estimate of drug-likeness (QED) is 0.662. The van der Waals surface area contributed by atoms with Crippen LogP contribution in [0.2, 0.25) is 0 Å². The molecule has 1 nitrogen and oxygen atoms in total. The van der Waals surface area contributed by atoms with Gasteiger partial charge in [-0.05, 0) is 39.0 Å². The zero-order valence-electron chi connectivity index (χ0n) is 10.1. The minimum absolute atomic E-state index is 0.995. The van der Waals surface area contributed by atoms with E-state index in [-0.39, 0.29) is 0 Å². The maximum absolute atomic E-state index is 2.55. The summed E-state index contributed by atoms with van der Waals surface area (Å²) in [6, 6.07) is 0. The Balaban J connectivity index is 2.40. The van der Waals surface area contributed by atoms with E-state index in [0.29, 0.717) is 0 Å². The lowest BCUT2D eigenvalue weighted by atomic mass is 9.96. The molecule has 0 aliphatic carbocycles. The van der Waals surface area contributed by atoms with E-state index in [1.54, 1.807) is 0 Å². The fraction of sp³-hybridized carbons (Fsp3) is 0.846. The highest BCUT2D eigenvalue weighted by molar-refractivity contribution is 4.96. The Morgan fingerprint density at radius 2 is 2.14 bits per heavy atom. The Labute approximate surface area is 89.2 Å². The number of rotatable bonds is 3. The Morgan fingerprint density at radius 1 is 1.36 bits per heavy atom. The molecule has 1 aliphatic heterocycles. The summed E-state index contributed by atoms with van der Waals surface area (Å²) in [5, 5.41) is 0. The second-order valence-corrected chi connectivity index (χ2v) is 4.50. The van der Waals surface area contributed by atoms with Crippen LogP contribution in [0.4, 0.5) is 0 Å². The summed E-state index contributed by atoms with van der Waals surface area (Å²) < 4.78 is 0. The minimum atomic E-state index is 0.995. The van der Waals surface area contributed by atoms with Gasteiger partial charge in [0.15, 0.2) is 0 Å². The van der Waals surface area contributed by atoms with Gasteiger partial charge < -0.3 is 4.90 Å². The third kappa shape index (κ3) is 3.36. The van der Waals surface area contributed by atoms with Crippen LogP contribution in [0.5, 0.6) is 0 Å². The summed E-state index contributed by atoms with van der Waals surface area (Å²) in [6.07, 6.45) is 9.26. The van der Waals surface area contributed by atoms with E-state index in [1.807, 2.05) is 0 Å². The van der Waals surface area contributed by atoms with Gasteiger partial charge in [0, 0.05) is 18.8 Å². The van der Waals surface area contributed by atoms with Gasteiger partial charge in [-0.25, -0.2) is 0 Å². The fourth-order valence-electron chi connectivity index (χ4n) is 2.40. The third-order valence-corrected chi connectivity index (χ3v) is 3.46. The van der Waals surface area contributed by atoms with Gasteiger partial charge in [-0.2, -0.15) is 0 Å². The molecule has 0 aromatic rings. The average Bonchev–Trinajstić information content (AvgIpc) is 2.43. The molecule has 1 rings (SSSR count). The molecule has 0 saturated carbocycles. The van der Waals surface area contributed by atoms with Gasteiger partial charge in [-0.3, -0.25) is 0 Å². The van der Waals surface area contributed by atoms with Gasteiger partial charge in [-0.15, -0.1) is 0 Å². The van der Waals surface area contributed by atoms with Crippen molar-refractivity contribution in [3.8, 4) is 0 Å². The molecule has 0 aromatic carbocycles. The Morgan fingerprint density at radius 3 is 2.79 bits per heavy atom. The molecule has 14 heavy (non-hydrogen) atoms. The predicted octanol–water partition coefficient (Wildman–Crippen LogP) is 3.81. The van der Waals surface area contributed by atoms with Crippen molar-refractivity contribution in [1.82, 2.24) is 4.90 Å². The molecule has 82 valence electrons. The van der Waals surface area contributed by atoms with Gasteiger partial charge in [-0.1, -0.05) is 25.8 Å². The van der Waals surface area contributed by atoms with Crippen LogP contribution >= 0.6 is 0 Å². The normalized spacial score (nSPS) is 24.9. The van der Waals surface area contributed by atoms with Crippen LogP contribution < -0.4 is 0 Å². The van der Waals surface area contributed by atoms with E-state index >= 15 is 0 Å². The zero-order valence-corrected chi connectivity index (χ0v) is 10.1. The van der Waals surface area contributed by atoms with Crippen LogP contribution in [0.15, 0.2) is 11.8 Å². The van der Waals surface area contributed by atoms with Gasteiger partial charge in [0.2, 0.25) is 0 Å². The SMILES string of the molecule is C/C=C(\C)N1CCCC(CCC)CC1. The highest BCUT2D eigenvalue weighted by Gasteiger charge is 2.15. The van der Waals surface area contributed by atoms with Crippen molar-refractivity contribution in [2.45, 2.75) is 52.9 Å². The first-order chi connectivity index (χ1) is 6.77. The monoisotopic (exact) mass is 195 g/mol. The van der Waals surface area contributed by atoms with E-state index in [9.17, 15) is 0 Å². The van der Waals surface area contributed by atoms with Gasteiger partial charge in [0.1, 0.15) is 0 Å². The third-order valence-electron chi connectivity index (χ3n) is 3.46. The second-order valence-electron chi connectivity index (χ2n) is 4.50. The number of hydrogen-bond donors (Lipinski definition) is 0. The van der Waals surface area contributed by atoms with Crippen molar-refractivity contribution >= 4 is 0 Å². The number of likely N-dealkylation sites (tertiary alicyclic amines) is 1. The second kappa shape index (κ2) is 6.10. The van der Waals surface area contributed by atoms with E-state index in [1.165, 1.54) is 50.9 Å². The lowest BCUT2D eigenvalue weighted by Gasteiger charge is -2.23. The molecule has 1 unspecified atom stereocenters. The van der Waals surface area contributed by atoms with Crippen LogP contribution in [-0.4, -0.2) is 18.0 Å². The fourth-order valence-corrected chi connectivity index (χ4v) is 2.40. The van der Waals surface area contributed by atoms with E-state index in [0.717, 1.165) is 5.92 Å². The summed E-state index contributed by atoms with van der Waals surface area (Å²) in [6.45, 7) is 9.24. The van der Waals surface area contributed by atoms with Crippen molar-refractivity contribution in [2.75, 3.05) is 13.1 Å². The zero-order chi connectivity index (χ0) is 10.4. The van der Waals surface area contributed by atoms with Gasteiger partial charge in [0.05, 0.1) is 0 Å². The first-order valence-corrected chi connectivity index (χ1v) is 6.15. The molecule has 1 fully saturated rings. The predicted molar refractivity (Wildman–Crippen MR) is 63.3 cm³/mol. The lowest BCUT2D eigenvalue weighted by molar-refractivity contribution is 0.347. The van der Waals surface area contributed by atoms with Gasteiger partial charge in [0.25, 0.3) is 0 Å². The first-order valence-electron chi connectivity index (χ1n) is 6.15. The van der Waals surface area contributed by atoms with E-state index in [2.05, 4.69) is 31.7 Å². The highest BCUT2D eigenvalue weighted by Crippen LogP contribution is 2.23. The Hall–Kier alpha value is -0.460. The molecular formula is C13H25N. The molecule has 0 radical (unpaired) electrons. The van der Waals surface area contributed by atoms with Crippen molar-refractivity contribution in [2.24, 2.45) is 5.92 Å². The van der Waals surface area contributed by atoms with Crippen molar-refractivity contribution in [3.05, 3.63) is 11.8 Å². The van der Waals surface area contributed by atoms with Crippen LogP contribution in [-0.2, 0) is 0 Å². The largest absolute Gasteiger partial charge is 0.375 e. The standard InChI is InChI=1S/C13H25N/c1-4-7-13-8-6-10-14(11-9-13)12(3)5-2/h5,13H,4,6-11H2,1-3H3/b12-5+. The summed E-state index contributed by atoms with van der Waals surface area (Å²) in [5.74, 6) is 0.995. The first kappa shape index (κ1) is 11.6. The Bertz CT molecular complexity index is 184. The van der Waals surface area contributed by atoms with Gasteiger partial charge >= 0.3 is 0 Å². The molecule has 0 bridgehead atoms.